The highest BCUT2D eigenvalue weighted by molar-refractivity contribution is 5.91. The van der Waals surface area contributed by atoms with Crippen LogP contribution >= 0.6 is 0 Å². The Morgan fingerprint density at radius 2 is 1.79 bits per heavy atom. The molecule has 0 spiro atoms. The lowest BCUT2D eigenvalue weighted by molar-refractivity contribution is -0.115. The van der Waals surface area contributed by atoms with Crippen molar-refractivity contribution in [3.8, 4) is 11.4 Å². The third-order valence-corrected chi connectivity index (χ3v) is 4.26. The van der Waals surface area contributed by atoms with Crippen LogP contribution in [0.3, 0.4) is 0 Å². The van der Waals surface area contributed by atoms with Crippen LogP contribution in [0.2, 0.25) is 0 Å². The summed E-state index contributed by atoms with van der Waals surface area (Å²) in [5.41, 5.74) is 2.12. The number of nitrogens with one attached hydrogen (secondary N) is 1. The first-order valence-electron chi connectivity index (χ1n) is 8.91. The lowest BCUT2D eigenvalue weighted by atomic mass is 10.3. The predicted octanol–water partition coefficient (Wildman–Crippen LogP) is 3.83. The van der Waals surface area contributed by atoms with E-state index in [1.165, 1.54) is 22.9 Å². The molecule has 0 aliphatic rings. The lowest BCUT2D eigenvalue weighted by Crippen LogP contribution is -2.18. The Morgan fingerprint density at radius 1 is 1.03 bits per heavy atom. The molecule has 0 saturated heterocycles. The second kappa shape index (κ2) is 7.67. The van der Waals surface area contributed by atoms with Crippen molar-refractivity contribution in [2.75, 3.05) is 5.32 Å². The van der Waals surface area contributed by atoms with Gasteiger partial charge in [-0.25, -0.2) is 18.1 Å². The largest absolute Gasteiger partial charge is 0.310 e. The monoisotopic (exact) mass is 393 g/mol. The van der Waals surface area contributed by atoms with Crippen molar-refractivity contribution in [2.45, 2.75) is 13.3 Å². The molecule has 0 aliphatic heterocycles. The molecule has 0 unspecified atom stereocenters. The van der Waals surface area contributed by atoms with Gasteiger partial charge in [-0.3, -0.25) is 4.79 Å². The molecule has 0 radical (unpaired) electrons. The zero-order valence-corrected chi connectivity index (χ0v) is 15.5. The van der Waals surface area contributed by atoms with Crippen molar-refractivity contribution in [1.82, 2.24) is 19.6 Å². The number of aryl methyl sites for hydroxylation is 1. The molecule has 0 fully saturated rings. The molecule has 0 atom stereocenters. The molecule has 4 aromatic rings. The van der Waals surface area contributed by atoms with E-state index >= 15 is 0 Å². The van der Waals surface area contributed by atoms with Gasteiger partial charge in [-0.15, -0.1) is 0 Å². The van der Waals surface area contributed by atoms with Crippen LogP contribution in [-0.4, -0.2) is 25.5 Å². The molecule has 1 N–H and O–H groups in total. The van der Waals surface area contributed by atoms with Crippen molar-refractivity contribution >= 4 is 11.7 Å². The van der Waals surface area contributed by atoms with Crippen molar-refractivity contribution in [3.05, 3.63) is 89.9 Å². The van der Waals surface area contributed by atoms with E-state index in [9.17, 15) is 13.6 Å². The summed E-state index contributed by atoms with van der Waals surface area (Å²) < 4.78 is 30.1. The first-order chi connectivity index (χ1) is 14.0. The highest BCUT2D eigenvalue weighted by atomic mass is 19.1. The Morgan fingerprint density at radius 3 is 2.55 bits per heavy atom. The molecule has 4 rings (SSSR count). The number of nitrogens with zero attached hydrogens (tertiary/aromatic N) is 4. The van der Waals surface area contributed by atoms with Crippen molar-refractivity contribution in [2.24, 2.45) is 0 Å². The Balaban J connectivity index is 1.50. The van der Waals surface area contributed by atoms with Crippen molar-refractivity contribution in [3.63, 3.8) is 0 Å². The number of halogens is 2. The number of aromatic nitrogens is 4. The molecular formula is C21H17F2N5O. The number of amides is 1. The minimum Gasteiger partial charge on any atom is -0.310 e. The Kier molecular flexibility index (Phi) is 4.90. The predicted molar refractivity (Wildman–Crippen MR) is 104 cm³/mol. The average Bonchev–Trinajstić information content (AvgIpc) is 3.29. The first-order valence-corrected chi connectivity index (χ1v) is 8.91. The normalized spacial score (nSPS) is 10.9. The van der Waals surface area contributed by atoms with Crippen LogP contribution in [-0.2, 0) is 11.2 Å². The van der Waals surface area contributed by atoms with Crippen LogP contribution in [0.4, 0.5) is 14.6 Å². The molecule has 146 valence electrons. The zero-order valence-electron chi connectivity index (χ0n) is 15.5. The fourth-order valence-electron chi connectivity index (χ4n) is 2.94. The molecule has 29 heavy (non-hydrogen) atoms. The maximum Gasteiger partial charge on any atom is 0.231 e. The summed E-state index contributed by atoms with van der Waals surface area (Å²) in [5, 5.41) is 11.4. The number of rotatable bonds is 5. The quantitative estimate of drug-likeness (QED) is 0.561. The number of benzene rings is 2. The van der Waals surface area contributed by atoms with Crippen LogP contribution in [0.1, 0.15) is 11.4 Å². The van der Waals surface area contributed by atoms with E-state index in [1.54, 1.807) is 60.3 Å². The summed E-state index contributed by atoms with van der Waals surface area (Å²) >= 11 is 0. The van der Waals surface area contributed by atoms with Gasteiger partial charge in [0.25, 0.3) is 0 Å². The number of anilines is 1. The van der Waals surface area contributed by atoms with Gasteiger partial charge >= 0.3 is 0 Å². The van der Waals surface area contributed by atoms with Gasteiger partial charge in [0, 0.05) is 12.3 Å². The second-order valence-electron chi connectivity index (χ2n) is 6.49. The van der Waals surface area contributed by atoms with Crippen LogP contribution < -0.4 is 5.32 Å². The topological polar surface area (TPSA) is 64.7 Å². The summed E-state index contributed by atoms with van der Waals surface area (Å²) in [4.78, 5) is 12.5. The summed E-state index contributed by atoms with van der Waals surface area (Å²) in [7, 11) is 0. The molecule has 2 aromatic heterocycles. The summed E-state index contributed by atoms with van der Waals surface area (Å²) in [6.45, 7) is 1.76. The fourth-order valence-corrected chi connectivity index (χ4v) is 2.94. The summed E-state index contributed by atoms with van der Waals surface area (Å²) in [5.74, 6) is -0.714. The smallest absolute Gasteiger partial charge is 0.231 e. The summed E-state index contributed by atoms with van der Waals surface area (Å²) in [6.07, 6.45) is 1.72. The molecule has 0 saturated carbocycles. The Labute approximate surface area is 165 Å². The first kappa shape index (κ1) is 18.5. The van der Waals surface area contributed by atoms with Gasteiger partial charge in [-0.1, -0.05) is 12.1 Å². The molecule has 2 aromatic carbocycles. The standard InChI is InChI=1S/C21H17F2N5O/c1-14-12-20(28(25-14)19-5-3-2-4-18(19)23)24-21(29)13-16-10-11-27(26-16)17-8-6-15(22)7-9-17/h2-12H,13H2,1H3,(H,24,29). The highest BCUT2D eigenvalue weighted by Crippen LogP contribution is 2.20. The van der Waals surface area contributed by atoms with Crippen LogP contribution in [0, 0.1) is 18.6 Å². The minimum absolute atomic E-state index is 0.0235. The summed E-state index contributed by atoms with van der Waals surface area (Å²) in [6, 6.07) is 15.5. The molecule has 1 amide bonds. The number of carbonyl (C=O) groups is 1. The molecule has 0 bridgehead atoms. The van der Waals surface area contributed by atoms with Gasteiger partial charge in [-0.05, 0) is 49.4 Å². The molecule has 0 aliphatic carbocycles. The molecule has 8 heteroatoms. The Bertz CT molecular complexity index is 1160. The van der Waals surface area contributed by atoms with E-state index in [-0.39, 0.29) is 23.8 Å². The van der Waals surface area contributed by atoms with E-state index < -0.39 is 5.82 Å². The van der Waals surface area contributed by atoms with Crippen LogP contribution in [0.5, 0.6) is 0 Å². The molecular weight excluding hydrogens is 376 g/mol. The SMILES string of the molecule is Cc1cc(NC(=O)Cc2ccn(-c3ccc(F)cc3)n2)n(-c2ccccc2F)n1. The van der Waals surface area contributed by atoms with Crippen molar-refractivity contribution in [1.29, 1.82) is 0 Å². The second-order valence-corrected chi connectivity index (χ2v) is 6.49. The number of carbonyl (C=O) groups excluding carboxylic acids is 1. The van der Waals surface area contributed by atoms with Crippen LogP contribution in [0.25, 0.3) is 11.4 Å². The van der Waals surface area contributed by atoms with E-state index in [1.807, 2.05) is 0 Å². The third kappa shape index (κ3) is 4.06. The maximum atomic E-state index is 14.1. The van der Waals surface area contributed by atoms with Gasteiger partial charge in [0.2, 0.25) is 5.91 Å². The van der Waals surface area contributed by atoms with Gasteiger partial charge in [0.1, 0.15) is 23.1 Å². The minimum atomic E-state index is -0.441. The van der Waals surface area contributed by atoms with Gasteiger partial charge < -0.3 is 5.32 Å². The zero-order chi connectivity index (χ0) is 20.4. The van der Waals surface area contributed by atoms with Gasteiger partial charge in [0.05, 0.1) is 23.5 Å². The molecule has 6 nitrogen and oxygen atoms in total. The lowest BCUT2D eigenvalue weighted by Gasteiger charge is -2.09. The average molecular weight is 393 g/mol. The number of para-hydroxylation sites is 1. The van der Waals surface area contributed by atoms with E-state index in [0.717, 1.165) is 0 Å². The molecule has 2 heterocycles. The van der Waals surface area contributed by atoms with E-state index in [0.29, 0.717) is 22.9 Å². The number of hydrogen-bond acceptors (Lipinski definition) is 3. The third-order valence-electron chi connectivity index (χ3n) is 4.26. The van der Waals surface area contributed by atoms with E-state index in [4.69, 9.17) is 0 Å². The van der Waals surface area contributed by atoms with Gasteiger partial charge in [0.15, 0.2) is 0 Å². The van der Waals surface area contributed by atoms with Crippen LogP contribution in [0.15, 0.2) is 66.9 Å². The fraction of sp³-hybridized carbons (Fsp3) is 0.0952. The van der Waals surface area contributed by atoms with Gasteiger partial charge in [-0.2, -0.15) is 10.2 Å². The maximum absolute atomic E-state index is 14.1. The van der Waals surface area contributed by atoms with Crippen molar-refractivity contribution < 1.29 is 13.6 Å². The Hall–Kier alpha value is -3.81. The number of hydrogen-bond donors (Lipinski definition) is 1. The highest BCUT2D eigenvalue weighted by Gasteiger charge is 2.15. The van der Waals surface area contributed by atoms with E-state index in [2.05, 4.69) is 15.5 Å².